The third kappa shape index (κ3) is 4.37. The number of hydrogen-bond acceptors (Lipinski definition) is 5. The molecule has 1 N–H and O–H groups in total. The summed E-state index contributed by atoms with van der Waals surface area (Å²) >= 11 is 0. The average molecular weight is 494 g/mol. The van der Waals surface area contributed by atoms with E-state index in [9.17, 15) is 14.7 Å². The number of ketones is 1. The van der Waals surface area contributed by atoms with E-state index in [1.165, 1.54) is 0 Å². The van der Waals surface area contributed by atoms with Crippen LogP contribution in [0.3, 0.4) is 0 Å². The van der Waals surface area contributed by atoms with Gasteiger partial charge >= 0.3 is 5.97 Å². The molecule has 3 atom stereocenters. The molecule has 5 nitrogen and oxygen atoms in total. The topological polar surface area (TPSA) is 76.0 Å². The molecular formula is C32H31NO4. The van der Waals surface area contributed by atoms with Crippen LogP contribution in [0.5, 0.6) is 5.75 Å². The van der Waals surface area contributed by atoms with Gasteiger partial charge in [-0.15, -0.1) is 0 Å². The summed E-state index contributed by atoms with van der Waals surface area (Å²) in [6, 6.07) is 21.4. The molecule has 0 amide bonds. The van der Waals surface area contributed by atoms with Gasteiger partial charge in [0, 0.05) is 29.3 Å². The van der Waals surface area contributed by atoms with Crippen LogP contribution in [0.2, 0.25) is 0 Å². The number of rotatable bonds is 4. The lowest BCUT2D eigenvalue weighted by Crippen LogP contribution is -2.39. The van der Waals surface area contributed by atoms with Crippen LogP contribution >= 0.6 is 0 Å². The van der Waals surface area contributed by atoms with Crippen molar-refractivity contribution in [1.82, 2.24) is 0 Å². The normalized spacial score (nSPS) is 24.2. The molecule has 0 saturated heterocycles. The fourth-order valence-electron chi connectivity index (χ4n) is 6.51. The van der Waals surface area contributed by atoms with Gasteiger partial charge in [-0.3, -0.25) is 14.6 Å². The minimum atomic E-state index is -0.681. The van der Waals surface area contributed by atoms with Crippen molar-refractivity contribution in [2.24, 2.45) is 10.9 Å². The maximum Gasteiger partial charge on any atom is 0.315 e. The number of fused-ring (bicyclic) bond motifs is 1. The number of nitrogens with zero attached hydrogens (tertiary/aromatic N) is 1. The van der Waals surface area contributed by atoms with Gasteiger partial charge < -0.3 is 9.84 Å². The van der Waals surface area contributed by atoms with Crippen molar-refractivity contribution in [3.8, 4) is 5.75 Å². The van der Waals surface area contributed by atoms with Crippen molar-refractivity contribution in [2.45, 2.75) is 63.4 Å². The first kappa shape index (κ1) is 23.7. The van der Waals surface area contributed by atoms with Crippen molar-refractivity contribution in [3.63, 3.8) is 0 Å². The number of esters is 1. The van der Waals surface area contributed by atoms with Gasteiger partial charge in [0.05, 0.1) is 0 Å². The van der Waals surface area contributed by atoms with Gasteiger partial charge in [0.1, 0.15) is 17.8 Å². The number of Topliss-reactive ketones (excluding diaryl/α,β-unsaturated/α-hetero) is 1. The van der Waals surface area contributed by atoms with E-state index in [0.29, 0.717) is 24.1 Å². The Morgan fingerprint density at radius 2 is 1.73 bits per heavy atom. The standard InChI is InChI=1S/C32H31NO4/c1-19-29(32(36)37-24-12-3-4-13-24)30(21-10-6-11-23(34)16-21)31-27(33-19)17-22(18-28(31)35)26-15-7-9-20-8-2-5-14-25(20)26/h2,5-11,14-16,22,24,29-30,34H,3-4,12-13,17-18H2,1H3. The van der Waals surface area contributed by atoms with E-state index < -0.39 is 11.8 Å². The summed E-state index contributed by atoms with van der Waals surface area (Å²) in [6.07, 6.45) is 4.81. The van der Waals surface area contributed by atoms with E-state index in [4.69, 9.17) is 9.73 Å². The number of ether oxygens (including phenoxy) is 1. The number of carbonyl (C=O) groups excluding carboxylic acids is 2. The molecule has 2 aliphatic carbocycles. The molecule has 1 fully saturated rings. The zero-order valence-corrected chi connectivity index (χ0v) is 21.0. The fraction of sp³-hybridized carbons (Fsp3) is 0.344. The Hall–Kier alpha value is -3.73. The van der Waals surface area contributed by atoms with Gasteiger partial charge in [0.25, 0.3) is 0 Å². The first-order valence-electron chi connectivity index (χ1n) is 13.3. The molecule has 3 aliphatic rings. The van der Waals surface area contributed by atoms with Crippen molar-refractivity contribution in [2.75, 3.05) is 0 Å². The second kappa shape index (κ2) is 9.62. The maximum absolute atomic E-state index is 13.9. The van der Waals surface area contributed by atoms with Gasteiger partial charge in [-0.05, 0) is 79.0 Å². The smallest absolute Gasteiger partial charge is 0.315 e. The van der Waals surface area contributed by atoms with Gasteiger partial charge in [-0.1, -0.05) is 54.6 Å². The van der Waals surface area contributed by atoms with Gasteiger partial charge in [-0.2, -0.15) is 0 Å². The summed E-state index contributed by atoms with van der Waals surface area (Å²) in [5.74, 6) is -1.38. The van der Waals surface area contributed by atoms with Crippen LogP contribution in [0.4, 0.5) is 0 Å². The number of aromatic hydroxyl groups is 1. The zero-order valence-electron chi connectivity index (χ0n) is 21.0. The Morgan fingerprint density at radius 1 is 0.973 bits per heavy atom. The van der Waals surface area contributed by atoms with Crippen LogP contribution in [0.1, 0.15) is 68.4 Å². The second-order valence-electron chi connectivity index (χ2n) is 10.6. The molecule has 1 heterocycles. The third-order valence-corrected chi connectivity index (χ3v) is 8.22. The zero-order chi connectivity index (χ0) is 25.5. The summed E-state index contributed by atoms with van der Waals surface area (Å²) in [5, 5.41) is 12.6. The van der Waals surface area contributed by atoms with Crippen LogP contribution in [-0.4, -0.2) is 28.7 Å². The minimum absolute atomic E-state index is 0.0146. The minimum Gasteiger partial charge on any atom is -0.508 e. The Morgan fingerprint density at radius 3 is 2.54 bits per heavy atom. The van der Waals surface area contributed by atoms with Crippen molar-refractivity contribution >= 4 is 28.2 Å². The van der Waals surface area contributed by atoms with E-state index in [1.807, 2.05) is 31.2 Å². The van der Waals surface area contributed by atoms with E-state index in [-0.39, 0.29) is 29.5 Å². The third-order valence-electron chi connectivity index (χ3n) is 8.22. The molecule has 0 radical (unpaired) electrons. The molecule has 0 bridgehead atoms. The number of phenols is 1. The predicted molar refractivity (Wildman–Crippen MR) is 144 cm³/mol. The Labute approximate surface area is 216 Å². The van der Waals surface area contributed by atoms with E-state index in [0.717, 1.165) is 53.3 Å². The predicted octanol–water partition coefficient (Wildman–Crippen LogP) is 6.61. The fourth-order valence-corrected chi connectivity index (χ4v) is 6.51. The number of carbonyl (C=O) groups is 2. The Bertz CT molecular complexity index is 1440. The number of hydrogen-bond donors (Lipinski definition) is 1. The van der Waals surface area contributed by atoms with Crippen LogP contribution in [0.25, 0.3) is 10.8 Å². The molecular weight excluding hydrogens is 462 g/mol. The molecule has 5 heteroatoms. The molecule has 3 unspecified atom stereocenters. The maximum atomic E-state index is 13.9. The molecule has 1 saturated carbocycles. The van der Waals surface area contributed by atoms with Gasteiger partial charge in [-0.25, -0.2) is 0 Å². The van der Waals surface area contributed by atoms with Crippen molar-refractivity contribution < 1.29 is 19.4 Å². The molecule has 188 valence electrons. The lowest BCUT2D eigenvalue weighted by atomic mass is 9.69. The highest BCUT2D eigenvalue weighted by Gasteiger charge is 2.45. The highest BCUT2D eigenvalue weighted by Crippen LogP contribution is 2.48. The molecule has 37 heavy (non-hydrogen) atoms. The van der Waals surface area contributed by atoms with Crippen LogP contribution < -0.4 is 0 Å². The molecule has 0 spiro atoms. The quantitative estimate of drug-likeness (QED) is 0.415. The summed E-state index contributed by atoms with van der Waals surface area (Å²) in [4.78, 5) is 32.3. The van der Waals surface area contributed by atoms with Crippen LogP contribution in [-0.2, 0) is 14.3 Å². The summed E-state index contributed by atoms with van der Waals surface area (Å²) in [5.41, 5.74) is 3.92. The number of allylic oxidation sites excluding steroid dienone is 2. The summed E-state index contributed by atoms with van der Waals surface area (Å²) in [6.45, 7) is 1.87. The van der Waals surface area contributed by atoms with Crippen molar-refractivity contribution in [3.05, 3.63) is 89.1 Å². The van der Waals surface area contributed by atoms with Gasteiger partial charge in [0.15, 0.2) is 5.78 Å². The first-order chi connectivity index (χ1) is 18.0. The lowest BCUT2D eigenvalue weighted by Gasteiger charge is -2.37. The highest BCUT2D eigenvalue weighted by atomic mass is 16.5. The van der Waals surface area contributed by atoms with E-state index in [1.54, 1.807) is 18.2 Å². The van der Waals surface area contributed by atoms with E-state index >= 15 is 0 Å². The Kier molecular flexibility index (Phi) is 6.15. The molecule has 3 aromatic rings. The molecule has 1 aliphatic heterocycles. The molecule has 6 rings (SSSR count). The lowest BCUT2D eigenvalue weighted by molar-refractivity contribution is -0.151. The second-order valence-corrected chi connectivity index (χ2v) is 10.6. The highest BCUT2D eigenvalue weighted by molar-refractivity contribution is 6.09. The first-order valence-corrected chi connectivity index (χ1v) is 13.3. The summed E-state index contributed by atoms with van der Waals surface area (Å²) < 4.78 is 5.94. The number of aliphatic imine (C=N–C) groups is 1. The monoisotopic (exact) mass is 493 g/mol. The van der Waals surface area contributed by atoms with Gasteiger partial charge in [0.2, 0.25) is 0 Å². The molecule has 0 aromatic heterocycles. The summed E-state index contributed by atoms with van der Waals surface area (Å²) in [7, 11) is 0. The van der Waals surface area contributed by atoms with Crippen LogP contribution in [0.15, 0.2) is 83.0 Å². The SMILES string of the molecule is CC1=NC2=C(C(=O)CC(c3cccc4ccccc34)C2)C(c2cccc(O)c2)C1C(=O)OC1CCCC1. The molecule has 3 aromatic carbocycles. The number of phenolic OH excluding ortho intramolecular Hbond substituents is 1. The van der Waals surface area contributed by atoms with E-state index in [2.05, 4.69) is 24.3 Å². The number of benzene rings is 3. The van der Waals surface area contributed by atoms with Crippen LogP contribution in [0, 0.1) is 5.92 Å². The Balaban J connectivity index is 1.41. The largest absolute Gasteiger partial charge is 0.508 e. The average Bonchev–Trinajstić information content (AvgIpc) is 3.40. The van der Waals surface area contributed by atoms with Crippen molar-refractivity contribution in [1.29, 1.82) is 0 Å².